The molecule has 0 amide bonds. The molecule has 2 aliphatic rings. The van der Waals surface area contributed by atoms with Crippen LogP contribution in [0.15, 0.2) is 0 Å². The van der Waals surface area contributed by atoms with Crippen molar-refractivity contribution >= 4 is 0 Å². The summed E-state index contributed by atoms with van der Waals surface area (Å²) in [5.41, 5.74) is 6.04. The summed E-state index contributed by atoms with van der Waals surface area (Å²) in [4.78, 5) is 2.81. The molecule has 4 unspecified atom stereocenters. The average Bonchev–Trinajstić information content (AvgIpc) is 2.64. The van der Waals surface area contributed by atoms with Crippen LogP contribution in [0, 0.1) is 11.8 Å². The predicted molar refractivity (Wildman–Crippen MR) is 83.2 cm³/mol. The van der Waals surface area contributed by atoms with Crippen molar-refractivity contribution in [3.63, 3.8) is 0 Å². The number of likely N-dealkylation sites (tertiary alicyclic amines) is 1. The number of nitrogens with zero attached hydrogens (tertiary/aromatic N) is 1. The van der Waals surface area contributed by atoms with Crippen LogP contribution >= 0.6 is 0 Å². The second kappa shape index (κ2) is 7.08. The summed E-state index contributed by atoms with van der Waals surface area (Å²) < 4.78 is 0. The number of piperidine rings is 1. The van der Waals surface area contributed by atoms with Crippen LogP contribution in [0.5, 0.6) is 0 Å². The highest BCUT2D eigenvalue weighted by atomic mass is 15.2. The quantitative estimate of drug-likeness (QED) is 0.787. The molecule has 2 nitrogen and oxygen atoms in total. The molecule has 0 radical (unpaired) electrons. The second-order valence-electron chi connectivity index (χ2n) is 7.28. The average molecular weight is 266 g/mol. The number of rotatable bonds is 3. The maximum absolute atomic E-state index is 6.04. The summed E-state index contributed by atoms with van der Waals surface area (Å²) in [6.07, 6.45) is 11.2. The number of hydrogen-bond acceptors (Lipinski definition) is 2. The van der Waals surface area contributed by atoms with Gasteiger partial charge in [0.25, 0.3) is 0 Å². The van der Waals surface area contributed by atoms with E-state index in [1.807, 2.05) is 0 Å². The summed E-state index contributed by atoms with van der Waals surface area (Å²) in [7, 11) is 0. The molecule has 0 aromatic heterocycles. The van der Waals surface area contributed by atoms with Crippen molar-refractivity contribution in [2.45, 2.75) is 90.3 Å². The molecule has 1 heterocycles. The van der Waals surface area contributed by atoms with Gasteiger partial charge in [-0.3, -0.25) is 4.90 Å². The van der Waals surface area contributed by atoms with Gasteiger partial charge >= 0.3 is 0 Å². The van der Waals surface area contributed by atoms with E-state index in [0.29, 0.717) is 6.04 Å². The van der Waals surface area contributed by atoms with Crippen LogP contribution in [0.25, 0.3) is 0 Å². The summed E-state index contributed by atoms with van der Waals surface area (Å²) in [5.74, 6) is 1.82. The summed E-state index contributed by atoms with van der Waals surface area (Å²) in [5, 5.41) is 0. The van der Waals surface area contributed by atoms with Gasteiger partial charge < -0.3 is 5.73 Å². The van der Waals surface area contributed by atoms with E-state index in [-0.39, 0.29) is 0 Å². The van der Waals surface area contributed by atoms with E-state index in [4.69, 9.17) is 5.73 Å². The Labute approximate surface area is 120 Å². The Balaban J connectivity index is 1.99. The molecular weight excluding hydrogens is 232 g/mol. The van der Waals surface area contributed by atoms with E-state index in [1.54, 1.807) is 0 Å². The normalized spacial score (nSPS) is 38.4. The van der Waals surface area contributed by atoms with E-state index in [2.05, 4.69) is 25.7 Å². The molecule has 2 fully saturated rings. The SMILES string of the molecule is CC(C)C1CCCC(N2C(C)CCCC2CN)CC1. The summed E-state index contributed by atoms with van der Waals surface area (Å²) in [6, 6.07) is 2.22. The van der Waals surface area contributed by atoms with Crippen LogP contribution in [0.4, 0.5) is 0 Å². The van der Waals surface area contributed by atoms with Crippen molar-refractivity contribution in [1.82, 2.24) is 4.90 Å². The fourth-order valence-electron chi connectivity index (χ4n) is 4.48. The molecule has 19 heavy (non-hydrogen) atoms. The predicted octanol–water partition coefficient (Wildman–Crippen LogP) is 3.79. The van der Waals surface area contributed by atoms with E-state index in [9.17, 15) is 0 Å². The first-order chi connectivity index (χ1) is 9.13. The van der Waals surface area contributed by atoms with Gasteiger partial charge in [0, 0.05) is 24.7 Å². The summed E-state index contributed by atoms with van der Waals surface area (Å²) in [6.45, 7) is 8.08. The lowest BCUT2D eigenvalue weighted by molar-refractivity contribution is 0.0421. The van der Waals surface area contributed by atoms with E-state index in [0.717, 1.165) is 30.5 Å². The van der Waals surface area contributed by atoms with Crippen LogP contribution in [-0.2, 0) is 0 Å². The lowest BCUT2D eigenvalue weighted by atomic mass is 9.88. The first-order valence-electron chi connectivity index (χ1n) is 8.61. The fraction of sp³-hybridized carbons (Fsp3) is 1.00. The van der Waals surface area contributed by atoms with Gasteiger partial charge in [0.1, 0.15) is 0 Å². The summed E-state index contributed by atoms with van der Waals surface area (Å²) >= 11 is 0. The molecule has 0 bridgehead atoms. The Hall–Kier alpha value is -0.0800. The minimum atomic E-state index is 0.657. The van der Waals surface area contributed by atoms with Gasteiger partial charge in [-0.05, 0) is 50.9 Å². The molecule has 2 rings (SSSR count). The number of nitrogens with two attached hydrogens (primary N) is 1. The van der Waals surface area contributed by atoms with Gasteiger partial charge in [0.05, 0.1) is 0 Å². The highest BCUT2D eigenvalue weighted by Crippen LogP contribution is 2.34. The maximum atomic E-state index is 6.04. The van der Waals surface area contributed by atoms with Gasteiger partial charge in [-0.2, -0.15) is 0 Å². The fourth-order valence-corrected chi connectivity index (χ4v) is 4.48. The topological polar surface area (TPSA) is 29.3 Å². The van der Waals surface area contributed by atoms with Crippen LogP contribution in [0.2, 0.25) is 0 Å². The van der Waals surface area contributed by atoms with Gasteiger partial charge in [0.2, 0.25) is 0 Å². The zero-order chi connectivity index (χ0) is 13.8. The second-order valence-corrected chi connectivity index (χ2v) is 7.28. The van der Waals surface area contributed by atoms with E-state index in [1.165, 1.54) is 51.4 Å². The Morgan fingerprint density at radius 1 is 1.00 bits per heavy atom. The van der Waals surface area contributed by atoms with Crippen molar-refractivity contribution in [3.8, 4) is 0 Å². The zero-order valence-electron chi connectivity index (χ0n) is 13.3. The standard InChI is InChI=1S/C17H34N2/c1-13(2)15-7-5-8-16(11-10-15)19-14(3)6-4-9-17(19)12-18/h13-17H,4-12,18H2,1-3H3. The van der Waals surface area contributed by atoms with Crippen LogP contribution in [0.1, 0.15) is 72.1 Å². The maximum Gasteiger partial charge on any atom is 0.0224 e. The zero-order valence-corrected chi connectivity index (χ0v) is 13.3. The third-order valence-electron chi connectivity index (χ3n) is 5.71. The van der Waals surface area contributed by atoms with Crippen molar-refractivity contribution in [1.29, 1.82) is 0 Å². The van der Waals surface area contributed by atoms with Crippen molar-refractivity contribution in [2.75, 3.05) is 6.54 Å². The van der Waals surface area contributed by atoms with E-state index < -0.39 is 0 Å². The highest BCUT2D eigenvalue weighted by molar-refractivity contribution is 4.89. The first-order valence-corrected chi connectivity index (χ1v) is 8.61. The minimum Gasteiger partial charge on any atom is -0.329 e. The third kappa shape index (κ3) is 3.72. The molecular formula is C17H34N2. The van der Waals surface area contributed by atoms with Crippen molar-refractivity contribution in [3.05, 3.63) is 0 Å². The Bertz CT molecular complexity index is 264. The Morgan fingerprint density at radius 2 is 1.74 bits per heavy atom. The molecule has 1 saturated carbocycles. The van der Waals surface area contributed by atoms with Gasteiger partial charge in [0.15, 0.2) is 0 Å². The largest absolute Gasteiger partial charge is 0.329 e. The monoisotopic (exact) mass is 266 g/mol. The van der Waals surface area contributed by atoms with Crippen LogP contribution in [-0.4, -0.2) is 29.6 Å². The Morgan fingerprint density at radius 3 is 2.42 bits per heavy atom. The smallest absolute Gasteiger partial charge is 0.0224 e. The molecule has 1 saturated heterocycles. The van der Waals surface area contributed by atoms with Gasteiger partial charge in [-0.15, -0.1) is 0 Å². The van der Waals surface area contributed by atoms with Crippen LogP contribution in [0.3, 0.4) is 0 Å². The molecule has 1 aliphatic heterocycles. The van der Waals surface area contributed by atoms with Gasteiger partial charge in [-0.25, -0.2) is 0 Å². The van der Waals surface area contributed by atoms with E-state index >= 15 is 0 Å². The molecule has 2 N–H and O–H groups in total. The molecule has 1 aliphatic carbocycles. The molecule has 0 spiro atoms. The molecule has 0 aromatic rings. The lowest BCUT2D eigenvalue weighted by Crippen LogP contribution is -2.53. The minimum absolute atomic E-state index is 0.657. The van der Waals surface area contributed by atoms with Gasteiger partial charge in [-0.1, -0.05) is 33.1 Å². The molecule has 4 atom stereocenters. The third-order valence-corrected chi connectivity index (χ3v) is 5.71. The first kappa shape index (κ1) is 15.3. The highest BCUT2D eigenvalue weighted by Gasteiger charge is 2.34. The Kier molecular flexibility index (Phi) is 5.70. The molecule has 2 heteroatoms. The lowest BCUT2D eigenvalue weighted by Gasteiger charge is -2.45. The van der Waals surface area contributed by atoms with Crippen LogP contribution < -0.4 is 5.73 Å². The molecule has 0 aromatic carbocycles. The van der Waals surface area contributed by atoms with Crippen molar-refractivity contribution in [2.24, 2.45) is 17.6 Å². The number of hydrogen-bond donors (Lipinski definition) is 1. The van der Waals surface area contributed by atoms with Crippen molar-refractivity contribution < 1.29 is 0 Å². The molecule has 112 valence electrons.